The van der Waals surface area contributed by atoms with Gasteiger partial charge in [-0.05, 0) is 56.5 Å². The highest BCUT2D eigenvalue weighted by molar-refractivity contribution is 7.99. The van der Waals surface area contributed by atoms with E-state index in [4.69, 9.17) is 4.74 Å². The molecular formula is C23H28N4O3S2. The van der Waals surface area contributed by atoms with Crippen LogP contribution in [-0.2, 0) is 22.5 Å². The number of hydrogen-bond acceptors (Lipinski definition) is 7. The van der Waals surface area contributed by atoms with Gasteiger partial charge in [0.15, 0.2) is 11.0 Å². The summed E-state index contributed by atoms with van der Waals surface area (Å²) in [6, 6.07) is 6.66. The zero-order valence-electron chi connectivity index (χ0n) is 18.8. The highest BCUT2D eigenvalue weighted by Gasteiger charge is 2.19. The molecular weight excluding hydrogens is 444 g/mol. The minimum atomic E-state index is -0.376. The largest absolute Gasteiger partial charge is 0.462 e. The molecule has 0 saturated carbocycles. The van der Waals surface area contributed by atoms with Gasteiger partial charge in [-0.2, -0.15) is 0 Å². The fourth-order valence-electron chi connectivity index (χ4n) is 3.36. The van der Waals surface area contributed by atoms with Gasteiger partial charge in [0.05, 0.1) is 17.9 Å². The van der Waals surface area contributed by atoms with Crippen molar-refractivity contribution in [2.75, 3.05) is 17.7 Å². The molecule has 0 aliphatic rings. The van der Waals surface area contributed by atoms with E-state index in [0.29, 0.717) is 17.9 Å². The number of thioether (sulfide) groups is 1. The van der Waals surface area contributed by atoms with E-state index in [0.717, 1.165) is 35.9 Å². The van der Waals surface area contributed by atoms with Crippen LogP contribution in [-0.4, -0.2) is 39.0 Å². The number of benzene rings is 1. The van der Waals surface area contributed by atoms with Gasteiger partial charge in [0.25, 0.3) is 0 Å². The molecule has 0 bridgehead atoms. The minimum Gasteiger partial charge on any atom is -0.462 e. The van der Waals surface area contributed by atoms with Crippen LogP contribution >= 0.6 is 23.1 Å². The summed E-state index contributed by atoms with van der Waals surface area (Å²) in [6.45, 7) is 9.28. The first-order chi connectivity index (χ1) is 15.5. The Kier molecular flexibility index (Phi) is 8.46. The zero-order chi connectivity index (χ0) is 23.1. The molecule has 9 heteroatoms. The topological polar surface area (TPSA) is 86.1 Å². The lowest BCUT2D eigenvalue weighted by molar-refractivity contribution is -0.113. The average molecular weight is 473 g/mol. The molecule has 0 unspecified atom stereocenters. The number of rotatable bonds is 10. The van der Waals surface area contributed by atoms with Gasteiger partial charge < -0.3 is 14.6 Å². The molecule has 3 rings (SSSR count). The Hall–Kier alpha value is -2.65. The number of hydrogen-bond donors (Lipinski definition) is 1. The lowest BCUT2D eigenvalue weighted by Gasteiger charge is -2.10. The van der Waals surface area contributed by atoms with Crippen molar-refractivity contribution in [1.29, 1.82) is 0 Å². The second-order valence-corrected chi connectivity index (χ2v) is 9.16. The molecule has 1 amide bonds. The maximum Gasteiger partial charge on any atom is 0.338 e. The predicted molar refractivity (Wildman–Crippen MR) is 129 cm³/mol. The quantitative estimate of drug-likeness (QED) is 0.323. The van der Waals surface area contributed by atoms with Gasteiger partial charge in [-0.3, -0.25) is 4.79 Å². The summed E-state index contributed by atoms with van der Waals surface area (Å²) in [5, 5.41) is 14.6. The Balaban J connectivity index is 1.67. The normalized spacial score (nSPS) is 10.9. The standard InChI is InChI=1S/C23H28N4O3S2/c1-5-12-27-21(19-13-31-15(4)18(19)6-2)25-26-23(27)32-14-20(28)24-17-10-8-16(9-11-17)22(29)30-7-3/h8-11,13H,5-7,12,14H2,1-4H3,(H,24,28). The van der Waals surface area contributed by atoms with Crippen molar-refractivity contribution in [2.45, 2.75) is 52.2 Å². The van der Waals surface area contributed by atoms with Gasteiger partial charge in [0, 0.05) is 28.1 Å². The number of aromatic nitrogens is 3. The Morgan fingerprint density at radius 2 is 1.91 bits per heavy atom. The molecule has 0 aliphatic carbocycles. The number of ether oxygens (including phenoxy) is 1. The fraction of sp³-hybridized carbons (Fsp3) is 0.391. The number of thiophene rings is 1. The highest BCUT2D eigenvalue weighted by Crippen LogP contribution is 2.32. The summed E-state index contributed by atoms with van der Waals surface area (Å²) in [6.07, 6.45) is 1.89. The van der Waals surface area contributed by atoms with Crippen molar-refractivity contribution in [3.05, 3.63) is 45.6 Å². The van der Waals surface area contributed by atoms with Crippen LogP contribution in [0.25, 0.3) is 11.4 Å². The summed E-state index contributed by atoms with van der Waals surface area (Å²) in [7, 11) is 0. The molecule has 32 heavy (non-hydrogen) atoms. The summed E-state index contributed by atoms with van der Waals surface area (Å²) in [4.78, 5) is 25.5. The maximum absolute atomic E-state index is 12.5. The number of anilines is 1. The fourth-order valence-corrected chi connectivity index (χ4v) is 5.06. The molecule has 2 heterocycles. The molecule has 0 atom stereocenters. The second kappa shape index (κ2) is 11.3. The number of amides is 1. The van der Waals surface area contributed by atoms with E-state index in [-0.39, 0.29) is 17.6 Å². The maximum atomic E-state index is 12.5. The number of carbonyl (C=O) groups excluding carboxylic acids is 2. The van der Waals surface area contributed by atoms with Gasteiger partial charge >= 0.3 is 5.97 Å². The Morgan fingerprint density at radius 1 is 1.16 bits per heavy atom. The first kappa shape index (κ1) is 24.0. The van der Waals surface area contributed by atoms with E-state index in [1.807, 2.05) is 0 Å². The number of nitrogens with zero attached hydrogens (tertiary/aromatic N) is 3. The van der Waals surface area contributed by atoms with Crippen LogP contribution in [0.3, 0.4) is 0 Å². The van der Waals surface area contributed by atoms with Crippen molar-refractivity contribution in [2.24, 2.45) is 0 Å². The van der Waals surface area contributed by atoms with Crippen LogP contribution in [0.5, 0.6) is 0 Å². The number of aryl methyl sites for hydroxylation is 1. The molecule has 3 aromatic rings. The Labute approximate surface area is 196 Å². The van der Waals surface area contributed by atoms with E-state index >= 15 is 0 Å². The predicted octanol–water partition coefficient (Wildman–Crippen LogP) is 5.19. The van der Waals surface area contributed by atoms with E-state index in [2.05, 4.69) is 46.2 Å². The molecule has 0 saturated heterocycles. The van der Waals surface area contributed by atoms with Gasteiger partial charge in [0.2, 0.25) is 5.91 Å². The third-order valence-corrected chi connectivity index (χ3v) is 6.79. The van der Waals surface area contributed by atoms with Crippen molar-refractivity contribution >= 4 is 40.7 Å². The summed E-state index contributed by atoms with van der Waals surface area (Å²) < 4.78 is 7.08. The van der Waals surface area contributed by atoms with Gasteiger partial charge in [-0.1, -0.05) is 25.6 Å². The average Bonchev–Trinajstić information content (AvgIpc) is 3.35. The van der Waals surface area contributed by atoms with E-state index in [1.165, 1.54) is 22.2 Å². The minimum absolute atomic E-state index is 0.146. The summed E-state index contributed by atoms with van der Waals surface area (Å²) >= 11 is 3.10. The summed E-state index contributed by atoms with van der Waals surface area (Å²) in [5.41, 5.74) is 3.52. The van der Waals surface area contributed by atoms with E-state index in [9.17, 15) is 9.59 Å². The molecule has 2 aromatic heterocycles. The van der Waals surface area contributed by atoms with Crippen molar-refractivity contribution in [1.82, 2.24) is 14.8 Å². The highest BCUT2D eigenvalue weighted by atomic mass is 32.2. The second-order valence-electron chi connectivity index (χ2n) is 7.13. The van der Waals surface area contributed by atoms with Crippen LogP contribution in [0, 0.1) is 6.92 Å². The van der Waals surface area contributed by atoms with Gasteiger partial charge in [0.1, 0.15) is 0 Å². The van der Waals surface area contributed by atoms with E-state index < -0.39 is 0 Å². The van der Waals surface area contributed by atoms with Crippen LogP contribution < -0.4 is 5.32 Å². The number of nitrogens with one attached hydrogen (secondary N) is 1. The van der Waals surface area contributed by atoms with Gasteiger partial charge in [-0.15, -0.1) is 21.5 Å². The van der Waals surface area contributed by atoms with Gasteiger partial charge in [-0.25, -0.2) is 4.79 Å². The smallest absolute Gasteiger partial charge is 0.338 e. The molecule has 0 aliphatic heterocycles. The third kappa shape index (κ3) is 5.58. The molecule has 170 valence electrons. The van der Waals surface area contributed by atoms with E-state index in [1.54, 1.807) is 42.5 Å². The van der Waals surface area contributed by atoms with Crippen molar-refractivity contribution < 1.29 is 14.3 Å². The van der Waals surface area contributed by atoms with Crippen LogP contribution in [0.2, 0.25) is 0 Å². The van der Waals surface area contributed by atoms with Crippen LogP contribution in [0.15, 0.2) is 34.8 Å². The lowest BCUT2D eigenvalue weighted by atomic mass is 10.1. The lowest BCUT2D eigenvalue weighted by Crippen LogP contribution is -2.15. The first-order valence-electron chi connectivity index (χ1n) is 10.7. The molecule has 7 nitrogen and oxygen atoms in total. The molecule has 0 spiro atoms. The van der Waals surface area contributed by atoms with Crippen LogP contribution in [0.1, 0.15) is 48.0 Å². The Morgan fingerprint density at radius 3 is 2.56 bits per heavy atom. The Bertz CT molecular complexity index is 1070. The zero-order valence-corrected chi connectivity index (χ0v) is 20.4. The molecule has 0 radical (unpaired) electrons. The summed E-state index contributed by atoms with van der Waals surface area (Å²) in [5.74, 6) is 0.557. The molecule has 1 N–H and O–H groups in total. The number of esters is 1. The SMILES string of the molecule is CCCn1c(SCC(=O)Nc2ccc(C(=O)OCC)cc2)nnc1-c1csc(C)c1CC. The van der Waals surface area contributed by atoms with Crippen molar-refractivity contribution in [3.63, 3.8) is 0 Å². The third-order valence-electron chi connectivity index (χ3n) is 4.87. The number of carbonyl (C=O) groups is 2. The molecule has 0 fully saturated rings. The van der Waals surface area contributed by atoms with Crippen LogP contribution in [0.4, 0.5) is 5.69 Å². The first-order valence-corrected chi connectivity index (χ1v) is 12.5. The van der Waals surface area contributed by atoms with Crippen molar-refractivity contribution in [3.8, 4) is 11.4 Å². The monoisotopic (exact) mass is 472 g/mol. The molecule has 1 aromatic carbocycles.